The average molecular weight is 291 g/mol. The third kappa shape index (κ3) is 3.30. The van der Waals surface area contributed by atoms with Gasteiger partial charge in [-0.15, -0.1) is 0 Å². The van der Waals surface area contributed by atoms with Gasteiger partial charge in [0.1, 0.15) is 0 Å². The molecule has 0 spiro atoms. The van der Waals surface area contributed by atoms with Gasteiger partial charge < -0.3 is 0 Å². The zero-order valence-corrected chi connectivity index (χ0v) is 13.8. The zero-order valence-electron chi connectivity index (χ0n) is 13.8. The number of fused-ring (bicyclic) bond motifs is 1. The van der Waals surface area contributed by atoms with Crippen LogP contribution in [0.2, 0.25) is 0 Å². The fourth-order valence-electron chi connectivity index (χ4n) is 3.35. The molecule has 3 rings (SSSR count). The Hall–Kier alpha value is -1.89. The lowest BCUT2D eigenvalue weighted by atomic mass is 9.85. The van der Waals surface area contributed by atoms with Crippen molar-refractivity contribution in [3.8, 4) is 0 Å². The van der Waals surface area contributed by atoms with Gasteiger partial charge in [-0.05, 0) is 86.3 Å². The highest BCUT2D eigenvalue weighted by atomic mass is 14.7. The first-order chi connectivity index (χ1) is 10.6. The molecule has 0 saturated carbocycles. The Morgan fingerprint density at radius 1 is 1.09 bits per heavy atom. The molecular weight excluding hydrogens is 266 g/mol. The Bertz CT molecular complexity index is 680. The van der Waals surface area contributed by atoms with Crippen LogP contribution < -0.4 is 0 Å². The van der Waals surface area contributed by atoms with Crippen LogP contribution in [0, 0.1) is 6.92 Å². The number of hydrogen-bond donors (Lipinski definition) is 0. The first-order valence-corrected chi connectivity index (χ1v) is 8.35. The van der Waals surface area contributed by atoms with Crippen LogP contribution in [0.4, 0.5) is 0 Å². The number of aromatic nitrogens is 1. The van der Waals surface area contributed by atoms with E-state index in [1.165, 1.54) is 53.6 Å². The van der Waals surface area contributed by atoms with Crippen molar-refractivity contribution >= 4 is 5.57 Å². The van der Waals surface area contributed by atoms with E-state index in [0.717, 1.165) is 12.8 Å². The summed E-state index contributed by atoms with van der Waals surface area (Å²) in [5, 5.41) is 0. The van der Waals surface area contributed by atoms with Gasteiger partial charge in [0, 0.05) is 11.9 Å². The number of aryl methyl sites for hydroxylation is 5. The van der Waals surface area contributed by atoms with Crippen molar-refractivity contribution < 1.29 is 0 Å². The normalized spacial score (nSPS) is 13.7. The molecule has 114 valence electrons. The van der Waals surface area contributed by atoms with Crippen LogP contribution in [0.5, 0.6) is 0 Å². The summed E-state index contributed by atoms with van der Waals surface area (Å²) >= 11 is 0. The second kappa shape index (κ2) is 6.48. The summed E-state index contributed by atoms with van der Waals surface area (Å²) in [4.78, 5) is 4.53. The lowest BCUT2D eigenvalue weighted by Gasteiger charge is -2.20. The van der Waals surface area contributed by atoms with Crippen molar-refractivity contribution in [2.75, 3.05) is 0 Å². The molecule has 1 aromatic carbocycles. The molecule has 1 aromatic heterocycles. The molecule has 1 heterocycles. The van der Waals surface area contributed by atoms with Gasteiger partial charge in [-0.25, -0.2) is 0 Å². The lowest BCUT2D eigenvalue weighted by Crippen LogP contribution is -2.07. The van der Waals surface area contributed by atoms with E-state index in [1.54, 1.807) is 11.1 Å². The van der Waals surface area contributed by atoms with Crippen LogP contribution in [0.25, 0.3) is 5.57 Å². The Morgan fingerprint density at radius 3 is 2.45 bits per heavy atom. The topological polar surface area (TPSA) is 12.9 Å². The van der Waals surface area contributed by atoms with E-state index in [1.807, 2.05) is 6.20 Å². The Balaban J connectivity index is 1.85. The van der Waals surface area contributed by atoms with Gasteiger partial charge in [0.25, 0.3) is 0 Å². The molecule has 0 unspecified atom stereocenters. The summed E-state index contributed by atoms with van der Waals surface area (Å²) in [6.45, 7) is 8.39. The van der Waals surface area contributed by atoms with E-state index in [9.17, 15) is 0 Å². The van der Waals surface area contributed by atoms with Gasteiger partial charge in [-0.3, -0.25) is 4.98 Å². The van der Waals surface area contributed by atoms with Crippen LogP contribution in [0.1, 0.15) is 53.3 Å². The van der Waals surface area contributed by atoms with E-state index in [4.69, 9.17) is 0 Å². The molecule has 1 aliphatic rings. The minimum atomic E-state index is 0.999. The van der Waals surface area contributed by atoms with Gasteiger partial charge in [-0.2, -0.15) is 0 Å². The first kappa shape index (κ1) is 15.0. The molecule has 0 aliphatic heterocycles. The number of pyridine rings is 1. The third-order valence-corrected chi connectivity index (χ3v) is 4.65. The fraction of sp³-hybridized carbons (Fsp3) is 0.381. The highest BCUT2D eigenvalue weighted by Crippen LogP contribution is 2.28. The van der Waals surface area contributed by atoms with E-state index in [2.05, 4.69) is 49.7 Å². The highest BCUT2D eigenvalue weighted by Gasteiger charge is 2.14. The zero-order chi connectivity index (χ0) is 15.5. The Morgan fingerprint density at radius 2 is 1.82 bits per heavy atom. The molecule has 2 aromatic rings. The van der Waals surface area contributed by atoms with Crippen molar-refractivity contribution in [1.29, 1.82) is 0 Å². The third-order valence-electron chi connectivity index (χ3n) is 4.65. The van der Waals surface area contributed by atoms with Crippen molar-refractivity contribution in [2.24, 2.45) is 0 Å². The van der Waals surface area contributed by atoms with Crippen LogP contribution in [-0.4, -0.2) is 4.98 Å². The summed E-state index contributed by atoms with van der Waals surface area (Å²) in [5.74, 6) is 0. The van der Waals surface area contributed by atoms with E-state index >= 15 is 0 Å². The maximum absolute atomic E-state index is 4.53. The fourth-order valence-corrected chi connectivity index (χ4v) is 3.35. The van der Waals surface area contributed by atoms with Gasteiger partial charge in [-0.1, -0.05) is 30.4 Å². The van der Waals surface area contributed by atoms with Crippen LogP contribution in [-0.2, 0) is 25.7 Å². The number of rotatable bonds is 4. The number of benzene rings is 1. The Kier molecular flexibility index (Phi) is 4.42. The van der Waals surface area contributed by atoms with Gasteiger partial charge in [0.2, 0.25) is 0 Å². The molecule has 0 N–H and O–H groups in total. The summed E-state index contributed by atoms with van der Waals surface area (Å²) in [6, 6.07) is 9.13. The van der Waals surface area contributed by atoms with Gasteiger partial charge >= 0.3 is 0 Å². The highest BCUT2D eigenvalue weighted by molar-refractivity contribution is 5.66. The molecular formula is C21H25N. The first-order valence-electron chi connectivity index (χ1n) is 8.35. The summed E-state index contributed by atoms with van der Waals surface area (Å²) in [7, 11) is 0. The predicted molar refractivity (Wildman–Crippen MR) is 94.2 cm³/mol. The largest absolute Gasteiger partial charge is 0.261 e. The van der Waals surface area contributed by atoms with Crippen molar-refractivity contribution in [3.05, 3.63) is 70.6 Å². The number of hydrogen-bond acceptors (Lipinski definition) is 1. The molecule has 22 heavy (non-hydrogen) atoms. The maximum Gasteiger partial charge on any atom is 0.0407 e. The smallest absolute Gasteiger partial charge is 0.0407 e. The molecule has 1 nitrogen and oxygen atoms in total. The average Bonchev–Trinajstić information content (AvgIpc) is 2.53. The molecule has 0 radical (unpaired) electrons. The van der Waals surface area contributed by atoms with E-state index in [0.29, 0.717) is 0 Å². The van der Waals surface area contributed by atoms with Gasteiger partial charge in [0.05, 0.1) is 0 Å². The second-order valence-corrected chi connectivity index (χ2v) is 6.59. The number of allylic oxidation sites excluding steroid dienone is 1. The van der Waals surface area contributed by atoms with Crippen LogP contribution in [0.3, 0.4) is 0 Å². The van der Waals surface area contributed by atoms with Crippen molar-refractivity contribution in [2.45, 2.75) is 52.4 Å². The number of nitrogens with zero attached hydrogens (tertiary/aromatic N) is 1. The molecule has 0 bridgehead atoms. The second-order valence-electron chi connectivity index (χ2n) is 6.59. The lowest BCUT2D eigenvalue weighted by molar-refractivity contribution is 0.683. The molecule has 0 atom stereocenters. The summed E-state index contributed by atoms with van der Waals surface area (Å²) in [6.07, 6.45) is 9.14. The molecule has 1 heteroatoms. The van der Waals surface area contributed by atoms with Crippen LogP contribution >= 0.6 is 0 Å². The SMILES string of the molecule is C=C(C)c1cc2c(cc1CCc1ccc(C)cn1)CCCC2. The quantitative estimate of drug-likeness (QED) is 0.765. The summed E-state index contributed by atoms with van der Waals surface area (Å²) in [5.41, 5.74) is 9.48. The van der Waals surface area contributed by atoms with E-state index in [-0.39, 0.29) is 0 Å². The van der Waals surface area contributed by atoms with Gasteiger partial charge in [0.15, 0.2) is 0 Å². The van der Waals surface area contributed by atoms with Crippen molar-refractivity contribution in [1.82, 2.24) is 4.98 Å². The molecule has 1 aliphatic carbocycles. The summed E-state index contributed by atoms with van der Waals surface area (Å²) < 4.78 is 0. The van der Waals surface area contributed by atoms with Crippen LogP contribution in [0.15, 0.2) is 37.0 Å². The minimum Gasteiger partial charge on any atom is -0.261 e. The molecule has 0 saturated heterocycles. The molecule has 0 fully saturated rings. The van der Waals surface area contributed by atoms with Crippen molar-refractivity contribution in [3.63, 3.8) is 0 Å². The maximum atomic E-state index is 4.53. The monoisotopic (exact) mass is 291 g/mol. The van der Waals surface area contributed by atoms with E-state index < -0.39 is 0 Å². The Labute approximate surface area is 134 Å². The minimum absolute atomic E-state index is 0.999. The predicted octanol–water partition coefficient (Wildman–Crippen LogP) is 5.09. The molecule has 0 amide bonds. The standard InChI is InChI=1S/C21H25N/c1-15(2)21-13-18-7-5-4-6-17(18)12-19(21)9-11-20-10-8-16(3)14-22-20/h8,10,12-14H,1,4-7,9,11H2,2-3H3.